The summed E-state index contributed by atoms with van der Waals surface area (Å²) in [4.78, 5) is 14.8. The summed E-state index contributed by atoms with van der Waals surface area (Å²) >= 11 is 0. The van der Waals surface area contributed by atoms with Crippen molar-refractivity contribution < 1.29 is 14.4 Å². The first-order valence-corrected chi connectivity index (χ1v) is 8.24. The number of nitro groups is 1. The van der Waals surface area contributed by atoms with E-state index in [0.717, 1.165) is 0 Å². The zero-order valence-corrected chi connectivity index (χ0v) is 17.5. The molecule has 0 saturated carbocycles. The van der Waals surface area contributed by atoms with Gasteiger partial charge in [-0.1, -0.05) is 18.2 Å². The largest absolute Gasteiger partial charge is 0.494 e. The van der Waals surface area contributed by atoms with Crippen LogP contribution in [0.5, 0.6) is 11.5 Å². The van der Waals surface area contributed by atoms with Crippen molar-refractivity contribution in [1.29, 1.82) is 0 Å². The summed E-state index contributed by atoms with van der Waals surface area (Å²) in [7, 11) is 0. The first-order chi connectivity index (χ1) is 12.5. The average molecular weight is 486 g/mol. The maximum Gasteiger partial charge on any atom is 0.274 e. The lowest BCUT2D eigenvalue weighted by Crippen LogP contribution is -2.23. The summed E-state index contributed by atoms with van der Waals surface area (Å²) in [6.07, 6.45) is 0. The molecular weight excluding hydrogens is 463 g/mol. The van der Waals surface area contributed by atoms with Crippen LogP contribution in [0.1, 0.15) is 19.4 Å². The van der Waals surface area contributed by atoms with Crippen molar-refractivity contribution in [1.82, 2.24) is 0 Å². The molecule has 0 saturated heterocycles. The van der Waals surface area contributed by atoms with Gasteiger partial charge in [-0.15, -0.1) is 24.0 Å². The Morgan fingerprint density at radius 3 is 2.56 bits per heavy atom. The Hall–Kier alpha value is -2.56. The van der Waals surface area contributed by atoms with Gasteiger partial charge in [0.05, 0.1) is 35.9 Å². The first-order valence-electron chi connectivity index (χ1n) is 8.24. The number of halogens is 1. The van der Waals surface area contributed by atoms with Crippen molar-refractivity contribution in [3.63, 3.8) is 0 Å². The Labute approximate surface area is 174 Å². The second kappa shape index (κ2) is 11.2. The minimum Gasteiger partial charge on any atom is -0.494 e. The van der Waals surface area contributed by atoms with Crippen molar-refractivity contribution in [2.75, 3.05) is 18.5 Å². The fourth-order valence-corrected chi connectivity index (χ4v) is 2.32. The molecule has 8 nitrogen and oxygen atoms in total. The lowest BCUT2D eigenvalue weighted by atomic mass is 10.2. The molecule has 2 aromatic rings. The van der Waals surface area contributed by atoms with E-state index < -0.39 is 4.92 Å². The topological polar surface area (TPSA) is 112 Å². The molecule has 0 radical (unpaired) electrons. The monoisotopic (exact) mass is 486 g/mol. The molecule has 9 heteroatoms. The molecule has 3 N–H and O–H groups in total. The third-order valence-corrected chi connectivity index (χ3v) is 3.43. The van der Waals surface area contributed by atoms with E-state index in [0.29, 0.717) is 36.0 Å². The second-order valence-electron chi connectivity index (χ2n) is 5.24. The lowest BCUT2D eigenvalue weighted by Gasteiger charge is -2.14. The van der Waals surface area contributed by atoms with Crippen LogP contribution in [0.25, 0.3) is 0 Å². The van der Waals surface area contributed by atoms with Crippen LogP contribution in [0, 0.1) is 10.1 Å². The Kier molecular flexibility index (Phi) is 9.34. The summed E-state index contributed by atoms with van der Waals surface area (Å²) in [5.41, 5.74) is 7.05. The molecule has 0 amide bonds. The van der Waals surface area contributed by atoms with Gasteiger partial charge in [-0.3, -0.25) is 10.1 Å². The number of nitrogens with zero attached hydrogens (tertiary/aromatic N) is 2. The highest BCUT2D eigenvalue weighted by molar-refractivity contribution is 14.0. The molecule has 0 aliphatic rings. The summed E-state index contributed by atoms with van der Waals surface area (Å²) in [6.45, 7) is 4.90. The van der Waals surface area contributed by atoms with E-state index in [1.807, 2.05) is 13.8 Å². The Morgan fingerprint density at radius 1 is 1.19 bits per heavy atom. The van der Waals surface area contributed by atoms with E-state index in [1.54, 1.807) is 36.4 Å². The highest BCUT2D eigenvalue weighted by atomic mass is 127. The van der Waals surface area contributed by atoms with Gasteiger partial charge in [0.25, 0.3) is 5.69 Å². The number of para-hydroxylation sites is 1. The Bertz CT molecular complexity index is 799. The number of ether oxygens (including phenoxy) is 2. The fraction of sp³-hybridized carbons (Fsp3) is 0.278. The van der Waals surface area contributed by atoms with Gasteiger partial charge in [0.2, 0.25) is 0 Å². The van der Waals surface area contributed by atoms with Gasteiger partial charge in [0, 0.05) is 12.1 Å². The standard InChI is InChI=1S/C18H22N4O4.HI/c1-3-25-14-9-10-17(26-4-2)15(11-14)21-18(19)20-12-13-7-5-6-8-16(13)22(23)24;/h5-11H,3-4,12H2,1-2H3,(H3,19,20,21);1H. The third kappa shape index (κ3) is 6.59. The van der Waals surface area contributed by atoms with Crippen LogP contribution in [0.15, 0.2) is 47.5 Å². The molecule has 0 aromatic heterocycles. The number of rotatable bonds is 8. The number of guanidine groups is 1. The highest BCUT2D eigenvalue weighted by Crippen LogP contribution is 2.29. The number of nitro benzene ring substituents is 1. The summed E-state index contributed by atoms with van der Waals surface area (Å²) in [5.74, 6) is 1.41. The van der Waals surface area contributed by atoms with Gasteiger partial charge in [-0.2, -0.15) is 0 Å². The summed E-state index contributed by atoms with van der Waals surface area (Å²) in [5, 5.41) is 14.0. The van der Waals surface area contributed by atoms with Crippen molar-refractivity contribution >= 4 is 41.3 Å². The molecule has 0 bridgehead atoms. The molecule has 0 aliphatic heterocycles. The number of benzene rings is 2. The quantitative estimate of drug-likeness (QED) is 0.192. The number of hydrogen-bond acceptors (Lipinski definition) is 5. The molecule has 0 aliphatic carbocycles. The van der Waals surface area contributed by atoms with Crippen LogP contribution in [0.4, 0.5) is 11.4 Å². The van der Waals surface area contributed by atoms with Gasteiger partial charge in [0.15, 0.2) is 5.96 Å². The zero-order valence-electron chi connectivity index (χ0n) is 15.2. The molecule has 146 valence electrons. The van der Waals surface area contributed by atoms with E-state index in [2.05, 4.69) is 10.3 Å². The van der Waals surface area contributed by atoms with Crippen LogP contribution >= 0.6 is 24.0 Å². The average Bonchev–Trinajstić information content (AvgIpc) is 2.62. The summed E-state index contributed by atoms with van der Waals surface area (Å²) in [6, 6.07) is 11.8. The van der Waals surface area contributed by atoms with Crippen molar-refractivity contribution in [2.45, 2.75) is 20.4 Å². The normalized spacial score (nSPS) is 10.7. The third-order valence-electron chi connectivity index (χ3n) is 3.43. The minimum absolute atomic E-state index is 0. The van der Waals surface area contributed by atoms with Crippen LogP contribution in [0.3, 0.4) is 0 Å². The van der Waals surface area contributed by atoms with Gasteiger partial charge in [-0.25, -0.2) is 4.99 Å². The molecule has 27 heavy (non-hydrogen) atoms. The van der Waals surface area contributed by atoms with Gasteiger partial charge in [-0.05, 0) is 26.0 Å². The number of nitrogens with one attached hydrogen (secondary N) is 1. The van der Waals surface area contributed by atoms with E-state index >= 15 is 0 Å². The lowest BCUT2D eigenvalue weighted by molar-refractivity contribution is -0.385. The first kappa shape index (κ1) is 22.5. The van der Waals surface area contributed by atoms with Gasteiger partial charge in [0.1, 0.15) is 11.5 Å². The van der Waals surface area contributed by atoms with Gasteiger partial charge >= 0.3 is 0 Å². The predicted molar refractivity (Wildman–Crippen MR) is 116 cm³/mol. The molecular formula is C18H23IN4O4. The molecule has 0 atom stereocenters. The van der Waals surface area contributed by atoms with E-state index in [-0.39, 0.29) is 42.2 Å². The zero-order chi connectivity index (χ0) is 18.9. The van der Waals surface area contributed by atoms with Crippen molar-refractivity contribution in [3.8, 4) is 11.5 Å². The molecule has 2 aromatic carbocycles. The van der Waals surface area contributed by atoms with E-state index in [4.69, 9.17) is 15.2 Å². The van der Waals surface area contributed by atoms with Gasteiger partial charge < -0.3 is 20.5 Å². The van der Waals surface area contributed by atoms with E-state index in [1.165, 1.54) is 6.07 Å². The smallest absolute Gasteiger partial charge is 0.274 e. The minimum atomic E-state index is -0.437. The van der Waals surface area contributed by atoms with Crippen molar-refractivity contribution in [3.05, 3.63) is 58.1 Å². The van der Waals surface area contributed by atoms with Crippen LogP contribution in [-0.2, 0) is 6.54 Å². The molecule has 2 rings (SSSR count). The number of anilines is 1. The number of hydrogen-bond donors (Lipinski definition) is 2. The van der Waals surface area contributed by atoms with Crippen LogP contribution in [-0.4, -0.2) is 24.1 Å². The fourth-order valence-electron chi connectivity index (χ4n) is 2.32. The van der Waals surface area contributed by atoms with Crippen LogP contribution < -0.4 is 20.5 Å². The maximum absolute atomic E-state index is 11.1. The maximum atomic E-state index is 11.1. The molecule has 0 spiro atoms. The second-order valence-corrected chi connectivity index (χ2v) is 5.24. The summed E-state index contributed by atoms with van der Waals surface area (Å²) < 4.78 is 11.0. The Morgan fingerprint density at radius 2 is 1.89 bits per heavy atom. The molecule has 0 unspecified atom stereocenters. The predicted octanol–water partition coefficient (Wildman–Crippen LogP) is 3.94. The number of nitrogens with two attached hydrogens (primary N) is 1. The van der Waals surface area contributed by atoms with Crippen LogP contribution in [0.2, 0.25) is 0 Å². The molecule has 0 fully saturated rings. The van der Waals surface area contributed by atoms with Crippen molar-refractivity contribution in [2.24, 2.45) is 10.7 Å². The molecule has 0 heterocycles. The van der Waals surface area contributed by atoms with E-state index in [9.17, 15) is 10.1 Å². The number of aliphatic imine (C=N–C) groups is 1. The highest BCUT2D eigenvalue weighted by Gasteiger charge is 2.12. The SMILES string of the molecule is CCOc1ccc(OCC)c(NC(N)=NCc2ccccc2[N+](=O)[O-])c1.I. The Balaban J connectivity index is 0.00000364.